The van der Waals surface area contributed by atoms with Crippen molar-refractivity contribution in [3.8, 4) is 5.75 Å². The molecule has 0 aliphatic carbocycles. The number of hydrogen-bond acceptors (Lipinski definition) is 3. The Bertz CT molecular complexity index is 906. The van der Waals surface area contributed by atoms with Gasteiger partial charge in [-0.15, -0.1) is 0 Å². The Morgan fingerprint density at radius 1 is 1.18 bits per heavy atom. The van der Waals surface area contributed by atoms with Crippen molar-refractivity contribution < 1.29 is 4.74 Å². The van der Waals surface area contributed by atoms with Crippen molar-refractivity contribution in [3.63, 3.8) is 0 Å². The number of benzene rings is 1. The van der Waals surface area contributed by atoms with E-state index in [0.29, 0.717) is 17.1 Å². The fourth-order valence-corrected chi connectivity index (χ4v) is 3.24. The first-order valence-electron chi connectivity index (χ1n) is 6.60. The van der Waals surface area contributed by atoms with Gasteiger partial charge >= 0.3 is 0 Å². The fraction of sp³-hybridized carbons (Fsp3) is 0.125. The van der Waals surface area contributed by atoms with E-state index in [1.54, 1.807) is 6.20 Å². The molecule has 6 heteroatoms. The van der Waals surface area contributed by atoms with Gasteiger partial charge in [0.1, 0.15) is 18.0 Å². The Kier molecular flexibility index (Phi) is 4.31. The molecule has 4 nitrogen and oxygen atoms in total. The molecular weight excluding hydrogens is 412 g/mol. The molecule has 0 saturated heterocycles. The smallest absolute Gasteiger partial charge is 0.258 e. The lowest BCUT2D eigenvalue weighted by atomic mass is 10.3. The zero-order valence-corrected chi connectivity index (χ0v) is 14.9. The zero-order valence-electron chi connectivity index (χ0n) is 11.7. The number of nitrogens with zero attached hydrogens (tertiary/aromatic N) is 2. The summed E-state index contributed by atoms with van der Waals surface area (Å²) in [6.07, 6.45) is 1.78. The third kappa shape index (κ3) is 3.23. The minimum absolute atomic E-state index is 0.109. The van der Waals surface area contributed by atoms with E-state index in [1.165, 1.54) is 10.5 Å². The van der Waals surface area contributed by atoms with E-state index in [9.17, 15) is 4.79 Å². The van der Waals surface area contributed by atoms with Crippen LogP contribution in [0.25, 0.3) is 5.65 Å². The van der Waals surface area contributed by atoms with Crippen molar-refractivity contribution in [1.29, 1.82) is 0 Å². The molecule has 112 valence electrons. The standard InChI is InChI=1S/C16H12Br2N2O2/c1-10-2-5-15-19-12(7-16(21)20(15)8-10)9-22-14-4-3-11(17)6-13(14)18/h2-8H,9H2,1H3. The lowest BCUT2D eigenvalue weighted by molar-refractivity contribution is 0.299. The van der Waals surface area contributed by atoms with Crippen molar-refractivity contribution in [2.45, 2.75) is 13.5 Å². The molecule has 22 heavy (non-hydrogen) atoms. The first-order chi connectivity index (χ1) is 10.5. The van der Waals surface area contributed by atoms with E-state index in [2.05, 4.69) is 36.8 Å². The van der Waals surface area contributed by atoms with Gasteiger partial charge in [0, 0.05) is 16.7 Å². The number of pyridine rings is 1. The van der Waals surface area contributed by atoms with Crippen LogP contribution in [0.3, 0.4) is 0 Å². The molecule has 0 fully saturated rings. The minimum atomic E-state index is -0.109. The Hall–Kier alpha value is -1.66. The fourth-order valence-electron chi connectivity index (χ4n) is 2.08. The maximum Gasteiger partial charge on any atom is 0.258 e. The lowest BCUT2D eigenvalue weighted by Gasteiger charge is -2.09. The van der Waals surface area contributed by atoms with Gasteiger partial charge in [0.25, 0.3) is 5.56 Å². The molecule has 3 rings (SSSR count). The van der Waals surface area contributed by atoms with Gasteiger partial charge in [-0.05, 0) is 52.7 Å². The SMILES string of the molecule is Cc1ccc2nc(COc3ccc(Br)cc3Br)cc(=O)n2c1. The van der Waals surface area contributed by atoms with Crippen LogP contribution in [0.5, 0.6) is 5.75 Å². The molecule has 0 aliphatic rings. The van der Waals surface area contributed by atoms with E-state index in [1.807, 2.05) is 37.3 Å². The molecule has 0 spiro atoms. The number of aromatic nitrogens is 2. The van der Waals surface area contributed by atoms with Gasteiger partial charge in [-0.3, -0.25) is 9.20 Å². The predicted molar refractivity (Wildman–Crippen MR) is 92.4 cm³/mol. The number of rotatable bonds is 3. The topological polar surface area (TPSA) is 43.6 Å². The normalized spacial score (nSPS) is 10.9. The lowest BCUT2D eigenvalue weighted by Crippen LogP contribution is -2.16. The van der Waals surface area contributed by atoms with Crippen molar-refractivity contribution in [1.82, 2.24) is 9.38 Å². The van der Waals surface area contributed by atoms with Crippen LogP contribution in [0, 0.1) is 6.92 Å². The summed E-state index contributed by atoms with van der Waals surface area (Å²) in [6.45, 7) is 2.17. The first-order valence-corrected chi connectivity index (χ1v) is 8.18. The van der Waals surface area contributed by atoms with Crippen molar-refractivity contribution >= 4 is 37.5 Å². The van der Waals surface area contributed by atoms with E-state index in [-0.39, 0.29) is 12.2 Å². The third-order valence-corrected chi connectivity index (χ3v) is 4.24. The Balaban J connectivity index is 1.88. The quantitative estimate of drug-likeness (QED) is 0.636. The summed E-state index contributed by atoms with van der Waals surface area (Å²) in [5.74, 6) is 0.703. The molecule has 3 aromatic rings. The summed E-state index contributed by atoms with van der Waals surface area (Å²) in [5, 5.41) is 0. The van der Waals surface area contributed by atoms with Crippen molar-refractivity contribution in [3.05, 3.63) is 73.2 Å². The van der Waals surface area contributed by atoms with Crippen molar-refractivity contribution in [2.24, 2.45) is 0 Å². The molecular formula is C16H12Br2N2O2. The molecule has 0 saturated carbocycles. The van der Waals surface area contributed by atoms with Gasteiger partial charge in [-0.2, -0.15) is 0 Å². The maximum atomic E-state index is 12.1. The Morgan fingerprint density at radius 3 is 2.77 bits per heavy atom. The van der Waals surface area contributed by atoms with Gasteiger partial charge in [-0.25, -0.2) is 4.98 Å². The molecule has 0 unspecified atom stereocenters. The van der Waals surface area contributed by atoms with Crippen LogP contribution in [0.2, 0.25) is 0 Å². The van der Waals surface area contributed by atoms with Gasteiger partial charge in [0.15, 0.2) is 0 Å². The average molecular weight is 424 g/mol. The number of hydrogen-bond donors (Lipinski definition) is 0. The highest BCUT2D eigenvalue weighted by Crippen LogP contribution is 2.28. The molecule has 1 aromatic carbocycles. The number of ether oxygens (including phenoxy) is 1. The number of fused-ring (bicyclic) bond motifs is 1. The van der Waals surface area contributed by atoms with Crippen LogP contribution in [-0.2, 0) is 6.61 Å². The van der Waals surface area contributed by atoms with Crippen LogP contribution in [0.1, 0.15) is 11.3 Å². The van der Waals surface area contributed by atoms with E-state index < -0.39 is 0 Å². The summed E-state index contributed by atoms with van der Waals surface area (Å²) in [6, 6.07) is 10.9. The Morgan fingerprint density at radius 2 is 2.00 bits per heavy atom. The monoisotopic (exact) mass is 422 g/mol. The molecule has 0 N–H and O–H groups in total. The maximum absolute atomic E-state index is 12.1. The molecule has 0 radical (unpaired) electrons. The second kappa shape index (κ2) is 6.22. The molecule has 0 amide bonds. The summed E-state index contributed by atoms with van der Waals surface area (Å²) in [7, 11) is 0. The number of aryl methyl sites for hydroxylation is 1. The van der Waals surface area contributed by atoms with E-state index >= 15 is 0 Å². The highest BCUT2D eigenvalue weighted by Gasteiger charge is 2.06. The van der Waals surface area contributed by atoms with Crippen LogP contribution >= 0.6 is 31.9 Å². The summed E-state index contributed by atoms with van der Waals surface area (Å²) in [4.78, 5) is 16.6. The van der Waals surface area contributed by atoms with Gasteiger partial charge < -0.3 is 4.74 Å². The molecule has 0 bridgehead atoms. The van der Waals surface area contributed by atoms with Gasteiger partial charge in [0.2, 0.25) is 0 Å². The molecule has 0 aliphatic heterocycles. The van der Waals surface area contributed by atoms with Crippen LogP contribution in [0.15, 0.2) is 56.3 Å². The van der Waals surface area contributed by atoms with E-state index in [4.69, 9.17) is 4.74 Å². The van der Waals surface area contributed by atoms with Gasteiger partial charge in [0.05, 0.1) is 10.2 Å². The molecule has 0 atom stereocenters. The van der Waals surface area contributed by atoms with Crippen LogP contribution < -0.4 is 10.3 Å². The average Bonchev–Trinajstić information content (AvgIpc) is 2.47. The van der Waals surface area contributed by atoms with Crippen molar-refractivity contribution in [2.75, 3.05) is 0 Å². The summed E-state index contributed by atoms with van der Waals surface area (Å²) in [5.41, 5.74) is 2.12. The highest BCUT2D eigenvalue weighted by atomic mass is 79.9. The van der Waals surface area contributed by atoms with Crippen LogP contribution in [0.4, 0.5) is 0 Å². The minimum Gasteiger partial charge on any atom is -0.486 e. The predicted octanol–water partition coefficient (Wildman–Crippen LogP) is 4.11. The first kappa shape index (κ1) is 15.2. The van der Waals surface area contributed by atoms with Crippen LogP contribution in [-0.4, -0.2) is 9.38 Å². The largest absolute Gasteiger partial charge is 0.486 e. The zero-order chi connectivity index (χ0) is 15.7. The molecule has 2 heterocycles. The molecule has 2 aromatic heterocycles. The third-order valence-electron chi connectivity index (χ3n) is 3.13. The Labute approximate surface area is 144 Å². The second-order valence-electron chi connectivity index (χ2n) is 4.88. The van der Waals surface area contributed by atoms with E-state index in [0.717, 1.165) is 14.5 Å². The summed E-state index contributed by atoms with van der Waals surface area (Å²) >= 11 is 6.83. The number of halogens is 2. The summed E-state index contributed by atoms with van der Waals surface area (Å²) < 4.78 is 9.07. The highest BCUT2D eigenvalue weighted by molar-refractivity contribution is 9.11. The second-order valence-corrected chi connectivity index (χ2v) is 6.65. The van der Waals surface area contributed by atoms with Gasteiger partial charge in [-0.1, -0.05) is 22.0 Å².